The first-order chi connectivity index (χ1) is 5.77. The van der Waals surface area contributed by atoms with E-state index >= 15 is 0 Å². The third-order valence-electron chi connectivity index (χ3n) is 2.10. The number of aromatic nitrogens is 1. The third kappa shape index (κ3) is 1.11. The fourth-order valence-corrected chi connectivity index (χ4v) is 1.45. The van der Waals surface area contributed by atoms with E-state index in [-0.39, 0.29) is 0 Å². The van der Waals surface area contributed by atoms with E-state index in [1.165, 1.54) is 5.70 Å². The second kappa shape index (κ2) is 2.66. The summed E-state index contributed by atoms with van der Waals surface area (Å²) >= 11 is 0. The Labute approximate surface area is 71.7 Å². The normalized spacial score (nSPS) is 16.8. The number of hydrogen-bond acceptors (Lipinski definition) is 3. The van der Waals surface area contributed by atoms with Gasteiger partial charge in [0, 0.05) is 18.3 Å². The molecule has 1 aromatic heterocycles. The summed E-state index contributed by atoms with van der Waals surface area (Å²) in [5, 5.41) is 3.85. The van der Waals surface area contributed by atoms with Gasteiger partial charge in [0.2, 0.25) is 5.88 Å². The molecule has 0 N–H and O–H groups in total. The molecule has 64 valence electrons. The van der Waals surface area contributed by atoms with Crippen molar-refractivity contribution in [3.63, 3.8) is 0 Å². The van der Waals surface area contributed by atoms with Crippen LogP contribution in [0.3, 0.4) is 0 Å². The molecule has 0 bridgehead atoms. The number of allylic oxidation sites excluding steroid dienone is 1. The number of anilines is 1. The lowest BCUT2D eigenvalue weighted by Crippen LogP contribution is -2.15. The summed E-state index contributed by atoms with van der Waals surface area (Å²) in [6, 6.07) is 1.96. The predicted molar refractivity (Wildman–Crippen MR) is 47.0 cm³/mol. The molecule has 0 fully saturated rings. The summed E-state index contributed by atoms with van der Waals surface area (Å²) in [6.07, 6.45) is 3.31. The monoisotopic (exact) mass is 164 g/mol. The first kappa shape index (κ1) is 7.40. The molecule has 1 aromatic rings. The fraction of sp³-hybridized carbons (Fsp3) is 0.444. The summed E-state index contributed by atoms with van der Waals surface area (Å²) in [6.45, 7) is 5.04. The molecule has 12 heavy (non-hydrogen) atoms. The summed E-state index contributed by atoms with van der Waals surface area (Å²) in [5.74, 6) is 0.860. The smallest absolute Gasteiger partial charge is 0.231 e. The molecule has 0 atom stereocenters. The van der Waals surface area contributed by atoms with Crippen LogP contribution in [0.25, 0.3) is 0 Å². The minimum absolute atomic E-state index is 0.860. The molecule has 0 saturated carbocycles. The minimum Gasteiger partial charge on any atom is -0.338 e. The van der Waals surface area contributed by atoms with E-state index in [9.17, 15) is 0 Å². The van der Waals surface area contributed by atoms with E-state index in [4.69, 9.17) is 4.52 Å². The highest BCUT2D eigenvalue weighted by Gasteiger charge is 2.16. The number of aryl methyl sites for hydroxylation is 1. The second-order valence-electron chi connectivity index (χ2n) is 3.09. The molecule has 0 unspecified atom stereocenters. The van der Waals surface area contributed by atoms with Gasteiger partial charge in [0.05, 0.1) is 5.69 Å². The van der Waals surface area contributed by atoms with E-state index < -0.39 is 0 Å². The van der Waals surface area contributed by atoms with Gasteiger partial charge in [-0.15, -0.1) is 0 Å². The van der Waals surface area contributed by atoms with Gasteiger partial charge in [0.15, 0.2) is 0 Å². The largest absolute Gasteiger partial charge is 0.338 e. The molecule has 0 spiro atoms. The Morgan fingerprint density at radius 3 is 2.83 bits per heavy atom. The maximum absolute atomic E-state index is 5.15. The lowest BCUT2D eigenvalue weighted by molar-refractivity contribution is 0.417. The molecular formula is C9H12N2O. The van der Waals surface area contributed by atoms with Gasteiger partial charge in [-0.1, -0.05) is 11.2 Å². The van der Waals surface area contributed by atoms with Gasteiger partial charge in [0.25, 0.3) is 0 Å². The Hall–Kier alpha value is -1.25. The summed E-state index contributed by atoms with van der Waals surface area (Å²) in [5.41, 5.74) is 2.19. The van der Waals surface area contributed by atoms with Crippen molar-refractivity contribution in [2.24, 2.45) is 0 Å². The Morgan fingerprint density at radius 2 is 2.33 bits per heavy atom. The van der Waals surface area contributed by atoms with Crippen molar-refractivity contribution in [1.82, 2.24) is 5.16 Å². The molecule has 3 nitrogen and oxygen atoms in total. The highest BCUT2D eigenvalue weighted by Crippen LogP contribution is 2.24. The van der Waals surface area contributed by atoms with E-state index in [1.54, 1.807) is 0 Å². The molecule has 0 aliphatic carbocycles. The maximum Gasteiger partial charge on any atom is 0.231 e. The Kier molecular flexibility index (Phi) is 1.64. The first-order valence-electron chi connectivity index (χ1n) is 4.15. The molecule has 0 aromatic carbocycles. The molecule has 0 saturated heterocycles. The van der Waals surface area contributed by atoms with Gasteiger partial charge in [0.1, 0.15) is 0 Å². The summed E-state index contributed by atoms with van der Waals surface area (Å²) in [7, 11) is 0. The number of hydrogen-bond donors (Lipinski definition) is 0. The van der Waals surface area contributed by atoms with Crippen LogP contribution >= 0.6 is 0 Å². The minimum atomic E-state index is 0.860. The van der Waals surface area contributed by atoms with Crippen LogP contribution in [0, 0.1) is 6.92 Å². The zero-order chi connectivity index (χ0) is 8.55. The van der Waals surface area contributed by atoms with Crippen LogP contribution in [0.2, 0.25) is 0 Å². The van der Waals surface area contributed by atoms with Crippen LogP contribution in [0.4, 0.5) is 5.88 Å². The average Bonchev–Trinajstić information content (AvgIpc) is 2.58. The van der Waals surface area contributed by atoms with E-state index in [0.29, 0.717) is 0 Å². The van der Waals surface area contributed by atoms with E-state index in [0.717, 1.165) is 24.5 Å². The highest BCUT2D eigenvalue weighted by atomic mass is 16.5. The van der Waals surface area contributed by atoms with Crippen molar-refractivity contribution in [1.29, 1.82) is 0 Å². The molecule has 0 amide bonds. The van der Waals surface area contributed by atoms with Crippen LogP contribution in [0.15, 0.2) is 22.4 Å². The molecule has 0 radical (unpaired) electrons. The molecule has 2 rings (SSSR count). The predicted octanol–water partition coefficient (Wildman–Crippen LogP) is 2.10. The first-order valence-corrected chi connectivity index (χ1v) is 4.15. The topological polar surface area (TPSA) is 29.3 Å². The molecule has 1 aliphatic heterocycles. The van der Waals surface area contributed by atoms with Crippen molar-refractivity contribution in [2.45, 2.75) is 20.3 Å². The molecule has 1 aliphatic rings. The Bertz CT molecular complexity index is 314. The SMILES string of the molecule is CC1=CCCN1c1cc(C)no1. The summed E-state index contributed by atoms with van der Waals surface area (Å²) in [4.78, 5) is 2.14. The van der Waals surface area contributed by atoms with Crippen molar-refractivity contribution >= 4 is 5.88 Å². The number of nitrogens with zero attached hydrogens (tertiary/aromatic N) is 2. The number of rotatable bonds is 1. The molecule has 3 heteroatoms. The zero-order valence-corrected chi connectivity index (χ0v) is 7.37. The zero-order valence-electron chi connectivity index (χ0n) is 7.37. The third-order valence-corrected chi connectivity index (χ3v) is 2.10. The maximum atomic E-state index is 5.15. The van der Waals surface area contributed by atoms with Gasteiger partial charge < -0.3 is 9.42 Å². The Balaban J connectivity index is 2.26. The highest BCUT2D eigenvalue weighted by molar-refractivity contribution is 5.45. The Morgan fingerprint density at radius 1 is 1.50 bits per heavy atom. The van der Waals surface area contributed by atoms with E-state index in [2.05, 4.69) is 23.1 Å². The van der Waals surface area contributed by atoms with Gasteiger partial charge in [-0.25, -0.2) is 0 Å². The second-order valence-corrected chi connectivity index (χ2v) is 3.09. The van der Waals surface area contributed by atoms with Crippen LogP contribution in [-0.4, -0.2) is 11.7 Å². The van der Waals surface area contributed by atoms with Gasteiger partial charge in [-0.2, -0.15) is 0 Å². The molecular weight excluding hydrogens is 152 g/mol. The lowest BCUT2D eigenvalue weighted by atomic mass is 10.4. The lowest BCUT2D eigenvalue weighted by Gasteiger charge is -2.14. The standard InChI is InChI=1S/C9H12N2O/c1-7-6-9(12-10-7)11-5-3-4-8(11)2/h4,6H,3,5H2,1-2H3. The van der Waals surface area contributed by atoms with Crippen LogP contribution in [0.1, 0.15) is 19.0 Å². The van der Waals surface area contributed by atoms with Gasteiger partial charge >= 0.3 is 0 Å². The van der Waals surface area contributed by atoms with Crippen molar-refractivity contribution < 1.29 is 4.52 Å². The van der Waals surface area contributed by atoms with Gasteiger partial charge in [-0.3, -0.25) is 0 Å². The summed E-state index contributed by atoms with van der Waals surface area (Å²) < 4.78 is 5.15. The van der Waals surface area contributed by atoms with E-state index in [1.807, 2.05) is 13.0 Å². The van der Waals surface area contributed by atoms with Crippen molar-refractivity contribution in [3.8, 4) is 0 Å². The molecule has 2 heterocycles. The quantitative estimate of drug-likeness (QED) is 0.636. The van der Waals surface area contributed by atoms with Crippen molar-refractivity contribution in [2.75, 3.05) is 11.4 Å². The van der Waals surface area contributed by atoms with Crippen LogP contribution in [0.5, 0.6) is 0 Å². The van der Waals surface area contributed by atoms with Crippen molar-refractivity contribution in [3.05, 3.63) is 23.5 Å². The van der Waals surface area contributed by atoms with Crippen LogP contribution < -0.4 is 4.90 Å². The van der Waals surface area contributed by atoms with Crippen LogP contribution in [-0.2, 0) is 0 Å². The van der Waals surface area contributed by atoms with Gasteiger partial charge in [-0.05, 0) is 20.3 Å². The average molecular weight is 164 g/mol. The fourth-order valence-electron chi connectivity index (χ4n) is 1.45.